The first-order valence-corrected chi connectivity index (χ1v) is 7.23. The maximum Gasteiger partial charge on any atom is 0.0448 e. The Morgan fingerprint density at radius 1 is 1.33 bits per heavy atom. The molecule has 1 aromatic heterocycles. The minimum atomic E-state index is 0.441. The molecule has 1 atom stereocenters. The smallest absolute Gasteiger partial charge is 0.0448 e. The highest BCUT2D eigenvalue weighted by atomic mass is 14.9. The van der Waals surface area contributed by atoms with Gasteiger partial charge in [-0.15, -0.1) is 0 Å². The average molecular weight is 246 g/mol. The highest BCUT2D eigenvalue weighted by Crippen LogP contribution is 2.39. The normalized spacial score (nSPS) is 20.6. The van der Waals surface area contributed by atoms with Crippen LogP contribution in [0.1, 0.15) is 50.3 Å². The maximum absolute atomic E-state index is 4.55. The molecule has 1 N–H and O–H groups in total. The van der Waals surface area contributed by atoms with Crippen LogP contribution in [-0.4, -0.2) is 18.1 Å². The molecule has 1 heterocycles. The summed E-state index contributed by atoms with van der Waals surface area (Å²) in [5.74, 6) is 0. The minimum Gasteiger partial charge on any atom is -0.316 e. The zero-order chi connectivity index (χ0) is 13.0. The summed E-state index contributed by atoms with van der Waals surface area (Å²) < 4.78 is 0. The molecule has 1 aliphatic carbocycles. The Balaban J connectivity index is 2.11. The second-order valence-electron chi connectivity index (χ2n) is 6.03. The van der Waals surface area contributed by atoms with Crippen molar-refractivity contribution in [2.45, 2.75) is 58.4 Å². The number of pyridine rings is 1. The second-order valence-corrected chi connectivity index (χ2v) is 6.03. The first-order valence-electron chi connectivity index (χ1n) is 7.23. The predicted octanol–water partition coefficient (Wildman–Crippen LogP) is 3.49. The number of aromatic nitrogens is 1. The second kappa shape index (κ2) is 5.83. The first-order chi connectivity index (χ1) is 8.65. The molecule has 2 rings (SSSR count). The molecule has 2 nitrogen and oxygen atoms in total. The van der Waals surface area contributed by atoms with Gasteiger partial charge in [0.1, 0.15) is 0 Å². The van der Waals surface area contributed by atoms with Gasteiger partial charge in [0.15, 0.2) is 0 Å². The Morgan fingerprint density at radius 2 is 2.06 bits per heavy atom. The largest absolute Gasteiger partial charge is 0.316 e. The summed E-state index contributed by atoms with van der Waals surface area (Å²) in [6.07, 6.45) is 9.85. The summed E-state index contributed by atoms with van der Waals surface area (Å²) in [4.78, 5) is 4.55. The fraction of sp³-hybridized carbons (Fsp3) is 0.688. The van der Waals surface area contributed by atoms with Gasteiger partial charge < -0.3 is 5.32 Å². The quantitative estimate of drug-likeness (QED) is 0.879. The van der Waals surface area contributed by atoms with E-state index in [1.165, 1.54) is 43.4 Å². The van der Waals surface area contributed by atoms with E-state index in [0.29, 0.717) is 11.5 Å². The van der Waals surface area contributed by atoms with Crippen LogP contribution in [0.25, 0.3) is 0 Å². The van der Waals surface area contributed by atoms with Crippen molar-refractivity contribution in [3.8, 4) is 0 Å². The van der Waals surface area contributed by atoms with Crippen LogP contribution in [0.2, 0.25) is 0 Å². The molecule has 1 aliphatic rings. The van der Waals surface area contributed by atoms with Crippen LogP contribution < -0.4 is 5.32 Å². The molecule has 0 amide bonds. The van der Waals surface area contributed by atoms with Crippen molar-refractivity contribution in [2.24, 2.45) is 5.41 Å². The van der Waals surface area contributed by atoms with E-state index in [-0.39, 0.29) is 0 Å². The van der Waals surface area contributed by atoms with Gasteiger partial charge in [0.25, 0.3) is 0 Å². The van der Waals surface area contributed by atoms with Crippen molar-refractivity contribution in [1.82, 2.24) is 10.3 Å². The lowest BCUT2D eigenvalue weighted by Gasteiger charge is -2.41. The SMILES string of the molecule is CNC(Cc1ncccc1C)C1(C)CCCCC1. The van der Waals surface area contributed by atoms with E-state index in [0.717, 1.165) is 6.42 Å². The lowest BCUT2D eigenvalue weighted by molar-refractivity contribution is 0.148. The van der Waals surface area contributed by atoms with Crippen molar-refractivity contribution in [3.05, 3.63) is 29.6 Å². The van der Waals surface area contributed by atoms with E-state index >= 15 is 0 Å². The lowest BCUT2D eigenvalue weighted by Crippen LogP contribution is -2.44. The van der Waals surface area contributed by atoms with E-state index in [9.17, 15) is 0 Å². The number of hydrogen-bond acceptors (Lipinski definition) is 2. The molecular weight excluding hydrogens is 220 g/mol. The molecule has 0 aliphatic heterocycles. The fourth-order valence-corrected chi connectivity index (χ4v) is 3.33. The predicted molar refractivity (Wildman–Crippen MR) is 76.7 cm³/mol. The molecule has 1 saturated carbocycles. The Morgan fingerprint density at radius 3 is 2.67 bits per heavy atom. The average Bonchev–Trinajstić information content (AvgIpc) is 2.38. The minimum absolute atomic E-state index is 0.441. The molecule has 0 radical (unpaired) electrons. The van der Waals surface area contributed by atoms with Gasteiger partial charge in [0.2, 0.25) is 0 Å². The number of aryl methyl sites for hydroxylation is 1. The van der Waals surface area contributed by atoms with Crippen molar-refractivity contribution in [2.75, 3.05) is 7.05 Å². The van der Waals surface area contributed by atoms with Crippen molar-refractivity contribution >= 4 is 0 Å². The van der Waals surface area contributed by atoms with E-state index in [1.54, 1.807) is 0 Å². The summed E-state index contributed by atoms with van der Waals surface area (Å²) in [6, 6.07) is 4.74. The summed E-state index contributed by atoms with van der Waals surface area (Å²) >= 11 is 0. The van der Waals surface area contributed by atoms with Gasteiger partial charge in [-0.1, -0.05) is 32.3 Å². The van der Waals surface area contributed by atoms with Gasteiger partial charge in [-0.3, -0.25) is 4.98 Å². The molecule has 0 spiro atoms. The van der Waals surface area contributed by atoms with Gasteiger partial charge in [0, 0.05) is 24.4 Å². The maximum atomic E-state index is 4.55. The van der Waals surface area contributed by atoms with Crippen molar-refractivity contribution in [3.63, 3.8) is 0 Å². The standard InChI is InChI=1S/C16H26N2/c1-13-8-7-11-18-14(13)12-15(17-3)16(2)9-5-4-6-10-16/h7-8,11,15,17H,4-6,9-10,12H2,1-3H3. The van der Waals surface area contributed by atoms with Crippen LogP contribution in [0.3, 0.4) is 0 Å². The van der Waals surface area contributed by atoms with Gasteiger partial charge in [-0.25, -0.2) is 0 Å². The number of rotatable bonds is 4. The Bertz CT molecular complexity index is 380. The molecule has 2 heteroatoms. The van der Waals surface area contributed by atoms with Gasteiger partial charge in [-0.05, 0) is 43.9 Å². The summed E-state index contributed by atoms with van der Waals surface area (Å²) in [6.45, 7) is 4.61. The summed E-state index contributed by atoms with van der Waals surface area (Å²) in [7, 11) is 2.10. The van der Waals surface area contributed by atoms with E-state index in [4.69, 9.17) is 0 Å². The number of nitrogens with zero attached hydrogens (tertiary/aromatic N) is 1. The van der Waals surface area contributed by atoms with Crippen LogP contribution >= 0.6 is 0 Å². The van der Waals surface area contributed by atoms with Crippen LogP contribution in [0.15, 0.2) is 18.3 Å². The zero-order valence-corrected chi connectivity index (χ0v) is 12.0. The topological polar surface area (TPSA) is 24.9 Å². The molecular formula is C16H26N2. The Labute approximate surface area is 111 Å². The molecule has 1 fully saturated rings. The summed E-state index contributed by atoms with van der Waals surface area (Å²) in [5.41, 5.74) is 3.01. The number of nitrogens with one attached hydrogen (secondary N) is 1. The third kappa shape index (κ3) is 2.92. The third-order valence-corrected chi connectivity index (χ3v) is 4.70. The number of likely N-dealkylation sites (N-methyl/N-ethyl adjacent to an activating group) is 1. The Hall–Kier alpha value is -0.890. The van der Waals surface area contributed by atoms with Gasteiger partial charge in [-0.2, -0.15) is 0 Å². The molecule has 18 heavy (non-hydrogen) atoms. The lowest BCUT2D eigenvalue weighted by atomic mass is 9.69. The molecule has 0 saturated heterocycles. The van der Waals surface area contributed by atoms with E-state index in [2.05, 4.69) is 37.3 Å². The van der Waals surface area contributed by atoms with Crippen LogP contribution in [0.5, 0.6) is 0 Å². The molecule has 1 aromatic rings. The van der Waals surface area contributed by atoms with Crippen LogP contribution in [0.4, 0.5) is 0 Å². The van der Waals surface area contributed by atoms with Gasteiger partial charge in [0.05, 0.1) is 0 Å². The van der Waals surface area contributed by atoms with Crippen molar-refractivity contribution in [1.29, 1.82) is 0 Å². The van der Waals surface area contributed by atoms with E-state index in [1.807, 2.05) is 12.3 Å². The number of hydrogen-bond donors (Lipinski definition) is 1. The van der Waals surface area contributed by atoms with Crippen molar-refractivity contribution < 1.29 is 0 Å². The van der Waals surface area contributed by atoms with Crippen LogP contribution in [-0.2, 0) is 6.42 Å². The molecule has 100 valence electrons. The molecule has 0 aromatic carbocycles. The molecule has 0 bridgehead atoms. The summed E-state index contributed by atoms with van der Waals surface area (Å²) in [5, 5.41) is 3.55. The van der Waals surface area contributed by atoms with E-state index < -0.39 is 0 Å². The Kier molecular flexibility index (Phi) is 4.39. The third-order valence-electron chi connectivity index (χ3n) is 4.70. The first kappa shape index (κ1) is 13.5. The zero-order valence-electron chi connectivity index (χ0n) is 12.0. The van der Waals surface area contributed by atoms with Gasteiger partial charge >= 0.3 is 0 Å². The van der Waals surface area contributed by atoms with Crippen LogP contribution in [0, 0.1) is 12.3 Å². The highest BCUT2D eigenvalue weighted by Gasteiger charge is 2.34. The monoisotopic (exact) mass is 246 g/mol. The highest BCUT2D eigenvalue weighted by molar-refractivity contribution is 5.19. The molecule has 1 unspecified atom stereocenters. The fourth-order valence-electron chi connectivity index (χ4n) is 3.33.